The van der Waals surface area contributed by atoms with Gasteiger partial charge in [0.1, 0.15) is 5.60 Å². The first-order valence-corrected chi connectivity index (χ1v) is 7.28. The smallest absolute Gasteiger partial charge is 0.172 e. The predicted molar refractivity (Wildman–Crippen MR) is 79.2 cm³/mol. The lowest BCUT2D eigenvalue weighted by molar-refractivity contribution is -0.0159. The third-order valence-electron chi connectivity index (χ3n) is 3.58. The zero-order chi connectivity index (χ0) is 14.6. The maximum Gasteiger partial charge on any atom is 0.172 e. The molecule has 0 saturated carbocycles. The van der Waals surface area contributed by atoms with E-state index in [1.54, 1.807) is 7.11 Å². The fourth-order valence-corrected chi connectivity index (χ4v) is 2.77. The predicted octanol–water partition coefficient (Wildman–Crippen LogP) is 2.06. The number of phenols is 1. The summed E-state index contributed by atoms with van der Waals surface area (Å²) in [5.74, 6) is 0.579. The van der Waals surface area contributed by atoms with Crippen LogP contribution in [0.5, 0.6) is 11.5 Å². The second-order valence-corrected chi connectivity index (χ2v) is 5.78. The lowest BCUT2D eigenvalue weighted by atomic mass is 10.0. The van der Waals surface area contributed by atoms with E-state index in [4.69, 9.17) is 14.2 Å². The quantitative estimate of drug-likeness (QED) is 0.826. The van der Waals surface area contributed by atoms with E-state index < -0.39 is 0 Å². The molecule has 1 atom stereocenters. The Bertz CT molecular complexity index is 461. The molecular formula is C14H20BrNO4. The van der Waals surface area contributed by atoms with E-state index in [0.29, 0.717) is 23.4 Å². The SMILES string of the molecule is COc1cc(CNCC2(OC)CCOC2)cc(Br)c1O. The van der Waals surface area contributed by atoms with Gasteiger partial charge in [-0.3, -0.25) is 0 Å². The molecule has 6 heteroatoms. The largest absolute Gasteiger partial charge is 0.503 e. The summed E-state index contributed by atoms with van der Waals surface area (Å²) in [7, 11) is 3.25. The Labute approximate surface area is 127 Å². The van der Waals surface area contributed by atoms with Gasteiger partial charge in [-0.15, -0.1) is 0 Å². The van der Waals surface area contributed by atoms with E-state index in [1.807, 2.05) is 12.1 Å². The number of rotatable bonds is 6. The lowest BCUT2D eigenvalue weighted by Gasteiger charge is -2.26. The van der Waals surface area contributed by atoms with Crippen LogP contribution in [0.3, 0.4) is 0 Å². The molecule has 112 valence electrons. The Kier molecular flexibility index (Phi) is 5.26. The molecule has 1 aromatic carbocycles. The zero-order valence-electron chi connectivity index (χ0n) is 11.7. The van der Waals surface area contributed by atoms with Crippen molar-refractivity contribution in [2.24, 2.45) is 0 Å². The van der Waals surface area contributed by atoms with E-state index in [0.717, 1.165) is 25.1 Å². The third kappa shape index (κ3) is 3.44. The first kappa shape index (κ1) is 15.6. The molecule has 1 aliphatic rings. The second kappa shape index (κ2) is 6.76. The Morgan fingerprint density at radius 2 is 2.25 bits per heavy atom. The molecule has 1 aliphatic heterocycles. The lowest BCUT2D eigenvalue weighted by Crippen LogP contribution is -2.42. The highest BCUT2D eigenvalue weighted by Crippen LogP contribution is 2.35. The summed E-state index contributed by atoms with van der Waals surface area (Å²) < 4.78 is 16.7. The molecular weight excluding hydrogens is 326 g/mol. The van der Waals surface area contributed by atoms with Crippen molar-refractivity contribution >= 4 is 15.9 Å². The molecule has 0 bridgehead atoms. The van der Waals surface area contributed by atoms with Crippen LogP contribution in [0, 0.1) is 0 Å². The van der Waals surface area contributed by atoms with Gasteiger partial charge in [0.2, 0.25) is 0 Å². The minimum absolute atomic E-state index is 0.119. The maximum absolute atomic E-state index is 9.77. The van der Waals surface area contributed by atoms with Gasteiger partial charge in [0, 0.05) is 33.2 Å². The molecule has 1 aromatic rings. The van der Waals surface area contributed by atoms with E-state index in [2.05, 4.69) is 21.2 Å². The number of methoxy groups -OCH3 is 2. The fraction of sp³-hybridized carbons (Fsp3) is 0.571. The molecule has 1 unspecified atom stereocenters. The summed E-state index contributed by atoms with van der Waals surface area (Å²) in [6.45, 7) is 2.76. The number of hydrogen-bond donors (Lipinski definition) is 2. The highest BCUT2D eigenvalue weighted by atomic mass is 79.9. The monoisotopic (exact) mass is 345 g/mol. The van der Waals surface area contributed by atoms with Crippen molar-refractivity contribution in [3.05, 3.63) is 22.2 Å². The van der Waals surface area contributed by atoms with Gasteiger partial charge in [-0.05, 0) is 33.6 Å². The topological polar surface area (TPSA) is 60.0 Å². The number of ether oxygens (including phenoxy) is 3. The minimum Gasteiger partial charge on any atom is -0.503 e. The van der Waals surface area contributed by atoms with Gasteiger partial charge < -0.3 is 24.6 Å². The molecule has 0 amide bonds. The summed E-state index contributed by atoms with van der Waals surface area (Å²) in [6, 6.07) is 3.69. The van der Waals surface area contributed by atoms with Gasteiger partial charge in [0.15, 0.2) is 11.5 Å². The van der Waals surface area contributed by atoms with Crippen LogP contribution in [0.15, 0.2) is 16.6 Å². The summed E-state index contributed by atoms with van der Waals surface area (Å²) in [5.41, 5.74) is 0.801. The number of benzene rings is 1. The van der Waals surface area contributed by atoms with Gasteiger partial charge in [0.25, 0.3) is 0 Å². The van der Waals surface area contributed by atoms with Crippen LogP contribution in [0.4, 0.5) is 0 Å². The van der Waals surface area contributed by atoms with Crippen molar-refractivity contribution in [2.75, 3.05) is 34.0 Å². The van der Waals surface area contributed by atoms with Crippen LogP contribution in [0.25, 0.3) is 0 Å². The highest BCUT2D eigenvalue weighted by Gasteiger charge is 2.34. The minimum atomic E-state index is -0.224. The number of aromatic hydroxyl groups is 1. The molecule has 0 aliphatic carbocycles. The highest BCUT2D eigenvalue weighted by molar-refractivity contribution is 9.10. The Morgan fingerprint density at radius 1 is 1.45 bits per heavy atom. The van der Waals surface area contributed by atoms with Gasteiger partial charge >= 0.3 is 0 Å². The fourth-order valence-electron chi connectivity index (χ4n) is 2.28. The van der Waals surface area contributed by atoms with Crippen molar-refractivity contribution < 1.29 is 19.3 Å². The molecule has 20 heavy (non-hydrogen) atoms. The van der Waals surface area contributed by atoms with Gasteiger partial charge in [-0.1, -0.05) is 0 Å². The first-order chi connectivity index (χ1) is 9.60. The van der Waals surface area contributed by atoms with Crippen molar-refractivity contribution in [1.82, 2.24) is 5.32 Å². The average molecular weight is 346 g/mol. The standard InChI is InChI=1S/C14H20BrNO4/c1-18-12-6-10(5-11(15)13(12)17)7-16-8-14(19-2)3-4-20-9-14/h5-6,16-17H,3-4,7-9H2,1-2H3. The molecule has 1 saturated heterocycles. The number of nitrogens with one attached hydrogen (secondary N) is 1. The molecule has 2 rings (SSSR count). The van der Waals surface area contributed by atoms with Gasteiger partial charge in [-0.2, -0.15) is 0 Å². The van der Waals surface area contributed by atoms with Crippen LogP contribution >= 0.6 is 15.9 Å². The van der Waals surface area contributed by atoms with Crippen molar-refractivity contribution in [3.63, 3.8) is 0 Å². The Morgan fingerprint density at radius 3 is 2.85 bits per heavy atom. The Balaban J connectivity index is 1.95. The second-order valence-electron chi connectivity index (χ2n) is 4.92. The molecule has 0 aromatic heterocycles. The first-order valence-electron chi connectivity index (χ1n) is 6.49. The molecule has 0 spiro atoms. The van der Waals surface area contributed by atoms with Crippen LogP contribution in [-0.4, -0.2) is 44.7 Å². The summed E-state index contributed by atoms with van der Waals surface area (Å²) in [5, 5.41) is 13.1. The van der Waals surface area contributed by atoms with E-state index in [-0.39, 0.29) is 11.4 Å². The number of halogens is 1. The van der Waals surface area contributed by atoms with Crippen LogP contribution in [0.1, 0.15) is 12.0 Å². The van der Waals surface area contributed by atoms with Crippen molar-refractivity contribution in [2.45, 2.75) is 18.6 Å². The van der Waals surface area contributed by atoms with E-state index in [9.17, 15) is 5.11 Å². The number of hydrogen-bond acceptors (Lipinski definition) is 5. The molecule has 2 N–H and O–H groups in total. The summed E-state index contributed by atoms with van der Waals surface area (Å²) >= 11 is 3.32. The molecule has 1 fully saturated rings. The molecule has 1 heterocycles. The molecule has 0 radical (unpaired) electrons. The zero-order valence-corrected chi connectivity index (χ0v) is 13.3. The van der Waals surface area contributed by atoms with Gasteiger partial charge in [-0.25, -0.2) is 0 Å². The van der Waals surface area contributed by atoms with Crippen LogP contribution in [0.2, 0.25) is 0 Å². The summed E-state index contributed by atoms with van der Waals surface area (Å²) in [4.78, 5) is 0. The third-order valence-corrected chi connectivity index (χ3v) is 4.19. The average Bonchev–Trinajstić information content (AvgIpc) is 2.92. The molecule has 5 nitrogen and oxygen atoms in total. The van der Waals surface area contributed by atoms with Gasteiger partial charge in [0.05, 0.1) is 18.2 Å². The van der Waals surface area contributed by atoms with Crippen LogP contribution < -0.4 is 10.1 Å². The normalized spacial score (nSPS) is 22.1. The maximum atomic E-state index is 9.77. The van der Waals surface area contributed by atoms with Crippen molar-refractivity contribution in [3.8, 4) is 11.5 Å². The van der Waals surface area contributed by atoms with Crippen LogP contribution in [-0.2, 0) is 16.0 Å². The number of phenolic OH excluding ortho intramolecular Hbond substituents is 1. The summed E-state index contributed by atoms with van der Waals surface area (Å²) in [6.07, 6.45) is 0.902. The Hall–Kier alpha value is -0.820. The van der Waals surface area contributed by atoms with E-state index >= 15 is 0 Å². The van der Waals surface area contributed by atoms with Crippen molar-refractivity contribution in [1.29, 1.82) is 0 Å². The van der Waals surface area contributed by atoms with E-state index in [1.165, 1.54) is 7.11 Å².